The van der Waals surface area contributed by atoms with E-state index in [9.17, 15) is 13.6 Å². The third-order valence-corrected chi connectivity index (χ3v) is 6.45. The van der Waals surface area contributed by atoms with Crippen molar-refractivity contribution in [2.45, 2.75) is 45.8 Å². The summed E-state index contributed by atoms with van der Waals surface area (Å²) in [5, 5.41) is 14.1. The lowest BCUT2D eigenvalue weighted by Crippen LogP contribution is -2.42. The Labute approximate surface area is 204 Å². The number of halogens is 2. The Balaban J connectivity index is 1.59. The van der Waals surface area contributed by atoms with Crippen molar-refractivity contribution in [3.63, 3.8) is 0 Å². The van der Waals surface area contributed by atoms with Crippen LogP contribution < -0.4 is 15.4 Å². The topological polar surface area (TPSA) is 74.2 Å². The maximum atomic E-state index is 14.4. The van der Waals surface area contributed by atoms with Crippen molar-refractivity contribution in [2.75, 3.05) is 5.32 Å². The number of rotatable bonds is 9. The number of hydrogen-bond acceptors (Lipinski definition) is 4. The minimum atomic E-state index is -0.647. The maximum absolute atomic E-state index is 14.4. The fourth-order valence-electron chi connectivity index (χ4n) is 3.80. The number of aryl methyl sites for hydroxylation is 1. The van der Waals surface area contributed by atoms with Crippen LogP contribution in [0.5, 0.6) is 5.75 Å². The average molecular weight is 478 g/mol. The van der Waals surface area contributed by atoms with Gasteiger partial charge in [0, 0.05) is 28.6 Å². The Morgan fingerprint density at radius 3 is 2.43 bits per heavy atom. The van der Waals surface area contributed by atoms with Gasteiger partial charge in [0.15, 0.2) is 0 Å². The first-order chi connectivity index (χ1) is 16.7. The molecule has 7 heteroatoms. The third-order valence-electron chi connectivity index (χ3n) is 6.45. The van der Waals surface area contributed by atoms with Gasteiger partial charge in [0.25, 0.3) is 0 Å². The molecule has 3 N–H and O–H groups in total. The van der Waals surface area contributed by atoms with Crippen molar-refractivity contribution in [1.29, 1.82) is 5.41 Å². The standard InChI is InChI=1S/C28H29F2N3O2/c1-17-4-5-19(15-24(17)30)26(18(2)32-27(34)28(3)12-13-28)35-23-10-11-25(20(14-23)16-31)33-22-8-6-21(29)7-9-22/h4-11,14-16,18,26,31,33H,12-13H2,1-3H3,(H,32,34)/t18?,26-/m0/s1. The molecule has 1 saturated carbocycles. The van der Waals surface area contributed by atoms with Crippen LogP contribution in [0.4, 0.5) is 20.2 Å². The maximum Gasteiger partial charge on any atom is 0.226 e. The van der Waals surface area contributed by atoms with Gasteiger partial charge in [0.1, 0.15) is 23.5 Å². The van der Waals surface area contributed by atoms with Gasteiger partial charge < -0.3 is 20.8 Å². The lowest BCUT2D eigenvalue weighted by molar-refractivity contribution is -0.127. The molecule has 3 aromatic rings. The molecular formula is C28H29F2N3O2. The SMILES string of the molecule is Cc1ccc([C@@H](Oc2ccc(Nc3ccc(F)cc3)c(C=N)c2)C(C)NC(=O)C2(C)CC2)cc1F. The van der Waals surface area contributed by atoms with E-state index in [1.807, 2.05) is 13.8 Å². The molecule has 5 nitrogen and oxygen atoms in total. The van der Waals surface area contributed by atoms with Gasteiger partial charge in [-0.2, -0.15) is 0 Å². The van der Waals surface area contributed by atoms with E-state index in [-0.39, 0.29) is 23.0 Å². The number of carbonyl (C=O) groups excluding carboxylic acids is 1. The van der Waals surface area contributed by atoms with Crippen molar-refractivity contribution in [1.82, 2.24) is 5.32 Å². The van der Waals surface area contributed by atoms with Crippen molar-refractivity contribution in [2.24, 2.45) is 5.41 Å². The molecular weight excluding hydrogens is 448 g/mol. The van der Waals surface area contributed by atoms with Gasteiger partial charge in [0.2, 0.25) is 5.91 Å². The van der Waals surface area contributed by atoms with Gasteiger partial charge in [0.05, 0.1) is 6.04 Å². The molecule has 3 aromatic carbocycles. The first-order valence-corrected chi connectivity index (χ1v) is 11.6. The minimum Gasteiger partial charge on any atom is -0.484 e. The molecule has 0 aliphatic heterocycles. The van der Waals surface area contributed by atoms with Crippen LogP contribution in [0.2, 0.25) is 0 Å². The predicted octanol–water partition coefficient (Wildman–Crippen LogP) is 6.44. The Bertz CT molecular complexity index is 1240. The second-order valence-corrected chi connectivity index (χ2v) is 9.40. The molecule has 0 spiro atoms. The molecule has 0 bridgehead atoms. The van der Waals surface area contributed by atoms with E-state index in [4.69, 9.17) is 10.1 Å². The van der Waals surface area contributed by atoms with Crippen LogP contribution in [-0.4, -0.2) is 18.2 Å². The van der Waals surface area contributed by atoms with Gasteiger partial charge in [-0.15, -0.1) is 0 Å². The van der Waals surface area contributed by atoms with E-state index in [1.54, 1.807) is 49.4 Å². The normalized spacial score (nSPS) is 15.6. The van der Waals surface area contributed by atoms with E-state index in [0.29, 0.717) is 33.8 Å². The summed E-state index contributed by atoms with van der Waals surface area (Å²) in [4.78, 5) is 12.7. The van der Waals surface area contributed by atoms with Gasteiger partial charge in [-0.1, -0.05) is 19.1 Å². The van der Waals surface area contributed by atoms with E-state index in [1.165, 1.54) is 24.4 Å². The molecule has 0 radical (unpaired) electrons. The molecule has 0 heterocycles. The molecule has 35 heavy (non-hydrogen) atoms. The molecule has 1 amide bonds. The first kappa shape index (κ1) is 24.4. The van der Waals surface area contributed by atoms with Crippen LogP contribution >= 0.6 is 0 Å². The number of amides is 1. The summed E-state index contributed by atoms with van der Waals surface area (Å²) < 4.78 is 33.9. The van der Waals surface area contributed by atoms with Crippen LogP contribution in [0.25, 0.3) is 0 Å². The van der Waals surface area contributed by atoms with Crippen molar-refractivity contribution < 1.29 is 18.3 Å². The van der Waals surface area contributed by atoms with E-state index in [0.717, 1.165) is 12.8 Å². The van der Waals surface area contributed by atoms with Crippen LogP contribution in [-0.2, 0) is 4.79 Å². The lowest BCUT2D eigenvalue weighted by Gasteiger charge is -2.28. The van der Waals surface area contributed by atoms with Crippen molar-refractivity contribution in [3.8, 4) is 5.75 Å². The summed E-state index contributed by atoms with van der Waals surface area (Å²) in [6, 6.07) is 15.6. The average Bonchev–Trinajstić information content (AvgIpc) is 3.60. The summed E-state index contributed by atoms with van der Waals surface area (Å²) in [5.41, 5.74) is 2.67. The number of anilines is 2. The van der Waals surface area contributed by atoms with E-state index in [2.05, 4.69) is 10.6 Å². The molecule has 1 aliphatic carbocycles. The van der Waals surface area contributed by atoms with E-state index < -0.39 is 12.1 Å². The van der Waals surface area contributed by atoms with Crippen molar-refractivity contribution >= 4 is 23.5 Å². The second-order valence-electron chi connectivity index (χ2n) is 9.40. The van der Waals surface area contributed by atoms with Crippen molar-refractivity contribution in [3.05, 3.63) is 89.0 Å². The quantitative estimate of drug-likeness (QED) is 0.311. The third kappa shape index (κ3) is 5.67. The summed E-state index contributed by atoms with van der Waals surface area (Å²) in [6.45, 7) is 5.46. The molecule has 0 saturated heterocycles. The minimum absolute atomic E-state index is 0.0368. The lowest BCUT2D eigenvalue weighted by atomic mass is 10.00. The summed E-state index contributed by atoms with van der Waals surface area (Å²) in [7, 11) is 0. The fourth-order valence-corrected chi connectivity index (χ4v) is 3.80. The molecule has 1 unspecified atom stereocenters. The number of benzene rings is 3. The zero-order chi connectivity index (χ0) is 25.2. The highest BCUT2D eigenvalue weighted by atomic mass is 19.1. The molecule has 4 rings (SSSR count). The largest absolute Gasteiger partial charge is 0.484 e. The Morgan fingerprint density at radius 1 is 1.09 bits per heavy atom. The monoisotopic (exact) mass is 477 g/mol. The zero-order valence-corrected chi connectivity index (χ0v) is 20.0. The second kappa shape index (κ2) is 9.86. The van der Waals surface area contributed by atoms with Gasteiger partial charge >= 0.3 is 0 Å². The number of ether oxygens (including phenoxy) is 1. The highest BCUT2D eigenvalue weighted by Gasteiger charge is 2.45. The Hall–Kier alpha value is -3.74. The number of hydrogen-bond donors (Lipinski definition) is 3. The highest BCUT2D eigenvalue weighted by molar-refractivity contribution is 5.88. The zero-order valence-electron chi connectivity index (χ0n) is 20.0. The van der Waals surface area contributed by atoms with Crippen LogP contribution in [0.3, 0.4) is 0 Å². The summed E-state index contributed by atoms with van der Waals surface area (Å²) >= 11 is 0. The van der Waals surface area contributed by atoms with Crippen LogP contribution in [0, 0.1) is 29.4 Å². The fraction of sp³-hybridized carbons (Fsp3) is 0.286. The summed E-state index contributed by atoms with van der Waals surface area (Å²) in [6.07, 6.45) is 2.24. The van der Waals surface area contributed by atoms with Crippen LogP contribution in [0.15, 0.2) is 60.7 Å². The van der Waals surface area contributed by atoms with E-state index >= 15 is 0 Å². The molecule has 1 fully saturated rings. The Morgan fingerprint density at radius 2 is 1.80 bits per heavy atom. The van der Waals surface area contributed by atoms with Gasteiger partial charge in [-0.05, 0) is 86.3 Å². The van der Waals surface area contributed by atoms with Crippen LogP contribution in [0.1, 0.15) is 49.5 Å². The molecule has 182 valence electrons. The highest BCUT2D eigenvalue weighted by Crippen LogP contribution is 2.45. The first-order valence-electron chi connectivity index (χ1n) is 11.6. The predicted molar refractivity (Wildman–Crippen MR) is 133 cm³/mol. The Kier molecular flexibility index (Phi) is 6.87. The smallest absolute Gasteiger partial charge is 0.226 e. The summed E-state index contributed by atoms with van der Waals surface area (Å²) in [5.74, 6) is -0.243. The molecule has 0 aromatic heterocycles. The molecule has 2 atom stereocenters. The molecule has 1 aliphatic rings. The number of nitrogens with one attached hydrogen (secondary N) is 3. The van der Waals surface area contributed by atoms with Gasteiger partial charge in [-0.3, -0.25) is 4.79 Å². The van der Waals surface area contributed by atoms with Gasteiger partial charge in [-0.25, -0.2) is 8.78 Å². The number of carbonyl (C=O) groups is 1.